The Kier molecular flexibility index (Phi) is 6.39. The number of rotatable bonds is 6. The molecule has 1 saturated carbocycles. The van der Waals surface area contributed by atoms with Gasteiger partial charge >= 0.3 is 0 Å². The number of aliphatic hydroxyl groups is 1. The van der Waals surface area contributed by atoms with Gasteiger partial charge in [-0.2, -0.15) is 0 Å². The van der Waals surface area contributed by atoms with Crippen LogP contribution >= 0.6 is 0 Å². The number of fused-ring (bicyclic) bond motifs is 4. The van der Waals surface area contributed by atoms with Crippen LogP contribution in [0.15, 0.2) is 82.8 Å². The molecule has 9 nitrogen and oxygen atoms in total. The van der Waals surface area contributed by atoms with Gasteiger partial charge in [-0.05, 0) is 74.1 Å². The zero-order chi connectivity index (χ0) is 30.0. The maximum atomic E-state index is 14.3. The van der Waals surface area contributed by atoms with E-state index in [1.54, 1.807) is 67.6 Å². The standard InChI is InChI=1S/C34H32N2O7/c1-34-26(31(40)36(33(34)42)20-5-3-2-4-6-20)17-25-23(29(34)27-14-11-22(18-37)43-27)12-13-24-28(25)32(41)35(30(24)39)16-15-19-7-9-21(38)10-8-19/h2-12,14,24-26,28-29,37-38H,13,15-18H2,1H3. The van der Waals surface area contributed by atoms with E-state index >= 15 is 0 Å². The molecule has 3 aromatic rings. The molecule has 7 rings (SSSR count). The first kappa shape index (κ1) is 27.3. The third kappa shape index (κ3) is 4.01. The van der Waals surface area contributed by atoms with Crippen LogP contribution in [0.1, 0.15) is 42.8 Å². The lowest BCUT2D eigenvalue weighted by Crippen LogP contribution is -2.48. The highest BCUT2D eigenvalue weighted by molar-refractivity contribution is 6.24. The van der Waals surface area contributed by atoms with Crippen molar-refractivity contribution in [3.8, 4) is 5.75 Å². The van der Waals surface area contributed by atoms with Crippen LogP contribution in [0.4, 0.5) is 5.69 Å². The fourth-order valence-electron chi connectivity index (χ4n) is 7.96. The molecule has 6 atom stereocenters. The van der Waals surface area contributed by atoms with Gasteiger partial charge in [-0.1, -0.05) is 42.0 Å². The minimum atomic E-state index is -1.18. The Morgan fingerprint density at radius 3 is 2.35 bits per heavy atom. The number of hydrogen-bond acceptors (Lipinski definition) is 7. The largest absolute Gasteiger partial charge is 0.508 e. The Bertz CT molecular complexity index is 1660. The summed E-state index contributed by atoms with van der Waals surface area (Å²) in [5.41, 5.74) is 1.05. The maximum Gasteiger partial charge on any atom is 0.241 e. The molecule has 1 aromatic heterocycles. The second-order valence-electron chi connectivity index (χ2n) is 12.2. The zero-order valence-electron chi connectivity index (χ0n) is 23.7. The van der Waals surface area contributed by atoms with E-state index in [1.165, 1.54) is 9.80 Å². The number of para-hydroxylation sites is 1. The molecule has 0 spiro atoms. The molecule has 6 unspecified atom stereocenters. The number of benzene rings is 2. The summed E-state index contributed by atoms with van der Waals surface area (Å²) in [5, 5.41) is 19.3. The van der Waals surface area contributed by atoms with Crippen molar-refractivity contribution in [2.45, 2.75) is 38.7 Å². The first-order chi connectivity index (χ1) is 20.7. The van der Waals surface area contributed by atoms with Crippen LogP contribution in [0.5, 0.6) is 5.75 Å². The first-order valence-electron chi connectivity index (χ1n) is 14.7. The van der Waals surface area contributed by atoms with E-state index in [0.717, 1.165) is 11.1 Å². The van der Waals surface area contributed by atoms with Crippen LogP contribution in [0.25, 0.3) is 0 Å². The summed E-state index contributed by atoms with van der Waals surface area (Å²) < 4.78 is 6.04. The van der Waals surface area contributed by atoms with E-state index in [9.17, 15) is 29.4 Å². The lowest BCUT2D eigenvalue weighted by Gasteiger charge is -2.48. The van der Waals surface area contributed by atoms with Crippen molar-refractivity contribution in [1.29, 1.82) is 0 Å². The van der Waals surface area contributed by atoms with Crippen LogP contribution < -0.4 is 4.90 Å². The molecule has 2 aliphatic carbocycles. The Hall–Kier alpha value is -4.50. The Balaban J connectivity index is 1.27. The SMILES string of the molecule is CC12C(=O)N(c3ccccc3)C(=O)C1CC1C(=CCC3C(=O)N(CCc4ccc(O)cc4)C(=O)C31)C2c1ccc(CO)o1. The molecule has 3 heterocycles. The number of phenolic OH excluding ortho intramolecular Hbond substituents is 1. The number of imide groups is 2. The maximum absolute atomic E-state index is 14.3. The number of carbonyl (C=O) groups excluding carboxylic acids is 4. The van der Waals surface area contributed by atoms with Crippen molar-refractivity contribution in [2.24, 2.45) is 29.1 Å². The van der Waals surface area contributed by atoms with Gasteiger partial charge in [0.25, 0.3) is 0 Å². The van der Waals surface area contributed by atoms with E-state index in [-0.39, 0.29) is 49.0 Å². The van der Waals surface area contributed by atoms with E-state index < -0.39 is 35.0 Å². The number of aromatic hydroxyl groups is 1. The predicted octanol–water partition coefficient (Wildman–Crippen LogP) is 3.95. The molecule has 9 heteroatoms. The van der Waals surface area contributed by atoms with Crippen molar-refractivity contribution in [2.75, 3.05) is 11.4 Å². The molecule has 2 saturated heterocycles. The van der Waals surface area contributed by atoms with Crippen LogP contribution in [-0.2, 0) is 32.2 Å². The third-order valence-corrected chi connectivity index (χ3v) is 10.1. The fraction of sp³-hybridized carbons (Fsp3) is 0.353. The second-order valence-corrected chi connectivity index (χ2v) is 12.2. The molecular formula is C34H32N2O7. The van der Waals surface area contributed by atoms with Crippen LogP contribution in [0.2, 0.25) is 0 Å². The highest BCUT2D eigenvalue weighted by atomic mass is 16.4. The quantitative estimate of drug-likeness (QED) is 0.334. The number of allylic oxidation sites excluding steroid dienone is 2. The Labute approximate surface area is 248 Å². The van der Waals surface area contributed by atoms with Crippen molar-refractivity contribution >= 4 is 29.3 Å². The average Bonchev–Trinajstić information content (AvgIpc) is 3.64. The number of aliphatic hydroxyl groups excluding tert-OH is 1. The first-order valence-corrected chi connectivity index (χ1v) is 14.7. The second kappa shape index (κ2) is 10.1. The smallest absolute Gasteiger partial charge is 0.241 e. The molecule has 2 aliphatic heterocycles. The molecule has 3 fully saturated rings. The minimum absolute atomic E-state index is 0.147. The van der Waals surface area contributed by atoms with Gasteiger partial charge in [0.1, 0.15) is 23.9 Å². The molecule has 43 heavy (non-hydrogen) atoms. The molecule has 4 aliphatic rings. The predicted molar refractivity (Wildman–Crippen MR) is 154 cm³/mol. The summed E-state index contributed by atoms with van der Waals surface area (Å²) >= 11 is 0. The number of furan rings is 1. The van der Waals surface area contributed by atoms with Crippen molar-refractivity contribution in [3.05, 3.63) is 95.5 Å². The molecule has 0 bridgehead atoms. The fourth-order valence-corrected chi connectivity index (χ4v) is 7.96. The monoisotopic (exact) mass is 580 g/mol. The molecule has 220 valence electrons. The van der Waals surface area contributed by atoms with Crippen molar-refractivity contribution in [1.82, 2.24) is 4.90 Å². The molecule has 2 aromatic carbocycles. The number of phenols is 1. The zero-order valence-corrected chi connectivity index (χ0v) is 23.7. The number of anilines is 1. The lowest BCUT2D eigenvalue weighted by atomic mass is 9.52. The summed E-state index contributed by atoms with van der Waals surface area (Å²) in [7, 11) is 0. The number of amides is 4. The van der Waals surface area contributed by atoms with E-state index in [0.29, 0.717) is 30.0 Å². The van der Waals surface area contributed by atoms with Gasteiger partial charge in [0.15, 0.2) is 0 Å². The van der Waals surface area contributed by atoms with Crippen LogP contribution in [-0.4, -0.2) is 45.3 Å². The van der Waals surface area contributed by atoms with Crippen molar-refractivity contribution < 1.29 is 33.8 Å². The molecule has 2 N–H and O–H groups in total. The molecular weight excluding hydrogens is 548 g/mol. The van der Waals surface area contributed by atoms with Crippen LogP contribution in [0.3, 0.4) is 0 Å². The van der Waals surface area contributed by atoms with Gasteiger partial charge in [0, 0.05) is 6.54 Å². The van der Waals surface area contributed by atoms with E-state index in [1.807, 2.05) is 12.1 Å². The Morgan fingerprint density at radius 2 is 1.65 bits per heavy atom. The third-order valence-electron chi connectivity index (χ3n) is 10.1. The number of carbonyl (C=O) groups is 4. The van der Waals surface area contributed by atoms with Gasteiger partial charge in [0.05, 0.1) is 34.8 Å². The van der Waals surface area contributed by atoms with Crippen LogP contribution in [0, 0.1) is 29.1 Å². The normalized spacial score (nSPS) is 29.9. The van der Waals surface area contributed by atoms with Gasteiger partial charge in [-0.15, -0.1) is 0 Å². The lowest BCUT2D eigenvalue weighted by molar-refractivity contribution is -0.140. The van der Waals surface area contributed by atoms with Gasteiger partial charge < -0.3 is 14.6 Å². The summed E-state index contributed by atoms with van der Waals surface area (Å²) in [6.07, 6.45) is 3.07. The van der Waals surface area contributed by atoms with Gasteiger partial charge in [-0.25, -0.2) is 4.90 Å². The highest BCUT2D eigenvalue weighted by Gasteiger charge is 2.68. The van der Waals surface area contributed by atoms with E-state index in [2.05, 4.69) is 0 Å². The van der Waals surface area contributed by atoms with Crippen molar-refractivity contribution in [3.63, 3.8) is 0 Å². The molecule has 0 radical (unpaired) electrons. The number of hydrogen-bond donors (Lipinski definition) is 2. The number of likely N-dealkylation sites (tertiary alicyclic amines) is 1. The summed E-state index contributed by atoms with van der Waals surface area (Å²) in [6.45, 7) is 1.72. The van der Waals surface area contributed by atoms with Gasteiger partial charge in [-0.3, -0.25) is 24.1 Å². The minimum Gasteiger partial charge on any atom is -0.508 e. The van der Waals surface area contributed by atoms with E-state index in [4.69, 9.17) is 4.42 Å². The average molecular weight is 581 g/mol. The summed E-state index contributed by atoms with van der Waals surface area (Å²) in [4.78, 5) is 58.6. The number of nitrogens with zero attached hydrogens (tertiary/aromatic N) is 2. The highest BCUT2D eigenvalue weighted by Crippen LogP contribution is 2.63. The summed E-state index contributed by atoms with van der Waals surface area (Å²) in [6, 6.07) is 18.9. The Morgan fingerprint density at radius 1 is 0.907 bits per heavy atom. The topological polar surface area (TPSA) is 128 Å². The summed E-state index contributed by atoms with van der Waals surface area (Å²) in [5.74, 6) is -3.13. The van der Waals surface area contributed by atoms with Gasteiger partial charge in [0.2, 0.25) is 23.6 Å². The molecule has 4 amide bonds.